The molecular formula is C17H14N2O2S2. The third-order valence-electron chi connectivity index (χ3n) is 3.57. The van der Waals surface area contributed by atoms with Crippen LogP contribution in [0.3, 0.4) is 0 Å². The van der Waals surface area contributed by atoms with Gasteiger partial charge in [-0.2, -0.15) is 0 Å². The lowest BCUT2D eigenvalue weighted by atomic mass is 10.1. The van der Waals surface area contributed by atoms with Gasteiger partial charge in [0.25, 0.3) is 11.8 Å². The van der Waals surface area contributed by atoms with Crippen LogP contribution in [0.4, 0.5) is 5.69 Å². The van der Waals surface area contributed by atoms with Crippen molar-refractivity contribution in [2.24, 2.45) is 0 Å². The zero-order chi connectivity index (χ0) is 16.6. The number of aryl methyl sites for hydroxylation is 2. The molecule has 0 aliphatic carbocycles. The number of thiophene rings is 1. The van der Waals surface area contributed by atoms with Crippen molar-refractivity contribution in [3.63, 3.8) is 0 Å². The fraction of sp³-hybridized carbons (Fsp3) is 0.118. The number of rotatable bonds is 2. The number of carbonyl (C=O) groups excluding carboxylic acids is 2. The first-order valence-electron chi connectivity index (χ1n) is 6.99. The summed E-state index contributed by atoms with van der Waals surface area (Å²) in [5.74, 6) is -0.869. The number of nitrogens with zero attached hydrogens (tertiary/aromatic N) is 1. The quantitative estimate of drug-likeness (QED) is 0.518. The lowest BCUT2D eigenvalue weighted by Crippen LogP contribution is -2.54. The van der Waals surface area contributed by atoms with Gasteiger partial charge in [-0.05, 0) is 61.3 Å². The molecule has 3 rings (SSSR count). The Balaban J connectivity index is 2.02. The van der Waals surface area contributed by atoms with Gasteiger partial charge in [0.15, 0.2) is 5.11 Å². The molecule has 23 heavy (non-hydrogen) atoms. The summed E-state index contributed by atoms with van der Waals surface area (Å²) in [6, 6.07) is 9.36. The first-order chi connectivity index (χ1) is 11.0. The predicted octanol–water partition coefficient (Wildman–Crippen LogP) is 3.20. The molecule has 1 aromatic heterocycles. The van der Waals surface area contributed by atoms with Gasteiger partial charge in [-0.15, -0.1) is 11.3 Å². The minimum absolute atomic E-state index is 0.0877. The molecule has 0 unspecified atom stereocenters. The van der Waals surface area contributed by atoms with Crippen molar-refractivity contribution in [3.8, 4) is 0 Å². The molecule has 6 heteroatoms. The van der Waals surface area contributed by atoms with Crippen LogP contribution in [0.5, 0.6) is 0 Å². The molecule has 2 heterocycles. The predicted molar refractivity (Wildman–Crippen MR) is 96.4 cm³/mol. The largest absolute Gasteiger partial charge is 0.298 e. The van der Waals surface area contributed by atoms with Gasteiger partial charge in [0.1, 0.15) is 5.57 Å². The number of hydrogen-bond donors (Lipinski definition) is 1. The SMILES string of the molecule is Cc1ccc(N2C(=O)/C(=C/c3sccc3C)C(=O)NC2=S)cc1. The van der Waals surface area contributed by atoms with Gasteiger partial charge in [0, 0.05) is 4.88 Å². The van der Waals surface area contributed by atoms with E-state index in [1.54, 1.807) is 6.08 Å². The second-order valence-electron chi connectivity index (χ2n) is 5.26. The summed E-state index contributed by atoms with van der Waals surface area (Å²) in [5.41, 5.74) is 2.83. The van der Waals surface area contributed by atoms with Crippen molar-refractivity contribution in [1.82, 2.24) is 5.32 Å². The smallest absolute Gasteiger partial charge is 0.270 e. The lowest BCUT2D eigenvalue weighted by Gasteiger charge is -2.28. The molecule has 1 fully saturated rings. The molecule has 0 atom stereocenters. The summed E-state index contributed by atoms with van der Waals surface area (Å²) in [4.78, 5) is 27.2. The Morgan fingerprint density at radius 1 is 1.13 bits per heavy atom. The number of carbonyl (C=O) groups is 2. The van der Waals surface area contributed by atoms with Crippen molar-refractivity contribution in [1.29, 1.82) is 0 Å². The highest BCUT2D eigenvalue weighted by Crippen LogP contribution is 2.25. The number of anilines is 1. The molecule has 0 radical (unpaired) electrons. The average Bonchev–Trinajstić information content (AvgIpc) is 2.90. The van der Waals surface area contributed by atoms with Crippen LogP contribution >= 0.6 is 23.6 Å². The molecule has 1 aromatic carbocycles. The summed E-state index contributed by atoms with van der Waals surface area (Å²) in [7, 11) is 0. The van der Waals surface area contributed by atoms with Crippen molar-refractivity contribution >= 4 is 52.2 Å². The standard InChI is InChI=1S/C17H14N2O2S2/c1-10-3-5-12(6-4-10)19-16(21)13(15(20)18-17(19)22)9-14-11(2)7-8-23-14/h3-9H,1-2H3,(H,18,20,22)/b13-9+. The molecule has 2 aromatic rings. The van der Waals surface area contributed by atoms with Gasteiger partial charge in [0.2, 0.25) is 0 Å². The summed E-state index contributed by atoms with van der Waals surface area (Å²) in [6.07, 6.45) is 1.63. The Kier molecular flexibility index (Phi) is 4.11. The molecule has 1 aliphatic heterocycles. The second kappa shape index (κ2) is 6.06. The van der Waals surface area contributed by atoms with E-state index in [2.05, 4.69) is 5.32 Å². The molecule has 0 bridgehead atoms. The van der Waals surface area contributed by atoms with Crippen LogP contribution in [0.1, 0.15) is 16.0 Å². The molecular weight excluding hydrogens is 328 g/mol. The van der Waals surface area contributed by atoms with Crippen LogP contribution in [0.25, 0.3) is 6.08 Å². The number of benzene rings is 1. The minimum Gasteiger partial charge on any atom is -0.298 e. The maximum atomic E-state index is 12.8. The summed E-state index contributed by atoms with van der Waals surface area (Å²) < 4.78 is 0. The van der Waals surface area contributed by atoms with Crippen LogP contribution < -0.4 is 10.2 Å². The Morgan fingerprint density at radius 2 is 1.83 bits per heavy atom. The fourth-order valence-electron chi connectivity index (χ4n) is 2.25. The first-order valence-corrected chi connectivity index (χ1v) is 8.28. The Bertz CT molecular complexity index is 835. The van der Waals surface area contributed by atoms with Gasteiger partial charge in [-0.25, -0.2) is 0 Å². The first kappa shape index (κ1) is 15.6. The summed E-state index contributed by atoms with van der Waals surface area (Å²) in [5, 5.41) is 4.62. The maximum absolute atomic E-state index is 12.8. The molecule has 1 aliphatic rings. The van der Waals surface area contributed by atoms with Crippen molar-refractivity contribution in [3.05, 3.63) is 57.3 Å². The van der Waals surface area contributed by atoms with E-state index in [0.29, 0.717) is 5.69 Å². The topological polar surface area (TPSA) is 49.4 Å². The molecule has 0 spiro atoms. The van der Waals surface area contributed by atoms with Crippen LogP contribution in [-0.4, -0.2) is 16.9 Å². The second-order valence-corrected chi connectivity index (χ2v) is 6.60. The molecule has 1 N–H and O–H groups in total. The third kappa shape index (κ3) is 2.95. The lowest BCUT2D eigenvalue weighted by molar-refractivity contribution is -0.122. The van der Waals surface area contributed by atoms with Crippen LogP contribution in [0.2, 0.25) is 0 Å². The fourth-order valence-corrected chi connectivity index (χ4v) is 3.39. The van der Waals surface area contributed by atoms with Gasteiger partial charge in [-0.1, -0.05) is 17.7 Å². The van der Waals surface area contributed by atoms with E-state index in [1.165, 1.54) is 16.2 Å². The highest BCUT2D eigenvalue weighted by molar-refractivity contribution is 7.80. The highest BCUT2D eigenvalue weighted by Gasteiger charge is 2.34. The van der Waals surface area contributed by atoms with E-state index in [-0.39, 0.29) is 10.7 Å². The van der Waals surface area contributed by atoms with E-state index < -0.39 is 11.8 Å². The number of thiocarbonyl (C=S) groups is 1. The third-order valence-corrected chi connectivity index (χ3v) is 4.82. The van der Waals surface area contributed by atoms with Gasteiger partial charge < -0.3 is 0 Å². The number of hydrogen-bond acceptors (Lipinski definition) is 4. The average molecular weight is 342 g/mol. The minimum atomic E-state index is -0.462. The molecule has 4 nitrogen and oxygen atoms in total. The molecule has 116 valence electrons. The zero-order valence-corrected chi connectivity index (χ0v) is 14.3. The summed E-state index contributed by atoms with van der Waals surface area (Å²) in [6.45, 7) is 3.91. The van der Waals surface area contributed by atoms with Crippen LogP contribution in [-0.2, 0) is 9.59 Å². The molecule has 2 amide bonds. The highest BCUT2D eigenvalue weighted by atomic mass is 32.1. The van der Waals surface area contributed by atoms with Crippen molar-refractivity contribution in [2.45, 2.75) is 13.8 Å². The van der Waals surface area contributed by atoms with Crippen molar-refractivity contribution < 1.29 is 9.59 Å². The molecule has 0 saturated carbocycles. The van der Waals surface area contributed by atoms with Crippen molar-refractivity contribution in [2.75, 3.05) is 4.90 Å². The Morgan fingerprint density at radius 3 is 2.43 bits per heavy atom. The normalized spacial score (nSPS) is 16.9. The van der Waals surface area contributed by atoms with E-state index in [0.717, 1.165) is 16.0 Å². The molecule has 1 saturated heterocycles. The monoisotopic (exact) mass is 342 g/mol. The van der Waals surface area contributed by atoms with E-state index in [1.807, 2.05) is 49.6 Å². The number of amides is 2. The van der Waals surface area contributed by atoms with Crippen LogP contribution in [0.15, 0.2) is 41.3 Å². The Labute approximate surface area is 143 Å². The van der Waals surface area contributed by atoms with E-state index in [4.69, 9.17) is 12.2 Å². The van der Waals surface area contributed by atoms with E-state index in [9.17, 15) is 9.59 Å². The number of nitrogens with one attached hydrogen (secondary N) is 1. The van der Waals surface area contributed by atoms with Crippen LogP contribution in [0, 0.1) is 13.8 Å². The Hall–Kier alpha value is -2.31. The van der Waals surface area contributed by atoms with Gasteiger partial charge >= 0.3 is 0 Å². The maximum Gasteiger partial charge on any atom is 0.270 e. The summed E-state index contributed by atoms with van der Waals surface area (Å²) >= 11 is 6.66. The van der Waals surface area contributed by atoms with Gasteiger partial charge in [-0.3, -0.25) is 19.8 Å². The zero-order valence-electron chi connectivity index (χ0n) is 12.6. The van der Waals surface area contributed by atoms with E-state index >= 15 is 0 Å². The van der Waals surface area contributed by atoms with Gasteiger partial charge in [0.05, 0.1) is 5.69 Å².